The molecule has 0 radical (unpaired) electrons. The standard InChI is InChI=1S/C9H12ClN5/c1-7-12-13-9(14(7)2)5-15-6-11-4-8(15)3-10/h4,6H,3,5H2,1-2H3. The molecule has 0 aliphatic carbocycles. The Hall–Kier alpha value is -1.36. The van der Waals surface area contributed by atoms with Gasteiger partial charge in [-0.25, -0.2) is 4.98 Å². The predicted molar refractivity (Wildman–Crippen MR) is 56.6 cm³/mol. The van der Waals surface area contributed by atoms with Crippen LogP contribution in [0.4, 0.5) is 0 Å². The SMILES string of the molecule is Cc1nnc(Cn2cncc2CCl)n1C. The molecule has 0 saturated heterocycles. The Morgan fingerprint density at radius 1 is 1.40 bits per heavy atom. The van der Waals surface area contributed by atoms with Gasteiger partial charge in [-0.2, -0.15) is 0 Å². The van der Waals surface area contributed by atoms with E-state index in [1.54, 1.807) is 12.5 Å². The molecule has 0 fully saturated rings. The second-order valence-electron chi connectivity index (χ2n) is 3.37. The lowest BCUT2D eigenvalue weighted by molar-refractivity contribution is 0.675. The molecule has 0 unspecified atom stereocenters. The van der Waals surface area contributed by atoms with Crippen molar-refractivity contribution in [3.8, 4) is 0 Å². The van der Waals surface area contributed by atoms with E-state index >= 15 is 0 Å². The fraction of sp³-hybridized carbons (Fsp3) is 0.444. The maximum Gasteiger partial charge on any atom is 0.152 e. The first-order chi connectivity index (χ1) is 7.22. The Morgan fingerprint density at radius 2 is 2.20 bits per heavy atom. The van der Waals surface area contributed by atoms with Crippen LogP contribution in [0.5, 0.6) is 0 Å². The summed E-state index contributed by atoms with van der Waals surface area (Å²) in [7, 11) is 1.95. The molecule has 5 nitrogen and oxygen atoms in total. The molecular weight excluding hydrogens is 214 g/mol. The van der Waals surface area contributed by atoms with E-state index in [0.717, 1.165) is 17.3 Å². The lowest BCUT2D eigenvalue weighted by Gasteiger charge is -2.05. The van der Waals surface area contributed by atoms with E-state index in [0.29, 0.717) is 12.4 Å². The zero-order chi connectivity index (χ0) is 10.8. The molecule has 80 valence electrons. The molecule has 0 aromatic carbocycles. The highest BCUT2D eigenvalue weighted by Crippen LogP contribution is 2.07. The van der Waals surface area contributed by atoms with Gasteiger partial charge >= 0.3 is 0 Å². The number of halogens is 1. The molecule has 2 aromatic rings. The fourth-order valence-electron chi connectivity index (χ4n) is 1.34. The molecule has 0 saturated carbocycles. The lowest BCUT2D eigenvalue weighted by Crippen LogP contribution is -2.07. The first-order valence-electron chi connectivity index (χ1n) is 4.62. The van der Waals surface area contributed by atoms with E-state index in [2.05, 4.69) is 15.2 Å². The Morgan fingerprint density at radius 3 is 2.80 bits per heavy atom. The molecule has 0 aliphatic heterocycles. The van der Waals surface area contributed by atoms with E-state index in [4.69, 9.17) is 11.6 Å². The van der Waals surface area contributed by atoms with Gasteiger partial charge in [0.15, 0.2) is 5.82 Å². The maximum absolute atomic E-state index is 5.78. The van der Waals surface area contributed by atoms with Crippen molar-refractivity contribution < 1.29 is 0 Å². The minimum Gasteiger partial charge on any atom is -0.326 e. The summed E-state index contributed by atoms with van der Waals surface area (Å²) in [5.41, 5.74) is 0.984. The highest BCUT2D eigenvalue weighted by atomic mass is 35.5. The summed E-state index contributed by atoms with van der Waals surface area (Å²) in [6.07, 6.45) is 3.51. The van der Waals surface area contributed by atoms with Gasteiger partial charge in [0.25, 0.3) is 0 Å². The molecule has 0 spiro atoms. The van der Waals surface area contributed by atoms with Crippen molar-refractivity contribution in [2.45, 2.75) is 19.3 Å². The van der Waals surface area contributed by atoms with Gasteiger partial charge in [0.2, 0.25) is 0 Å². The van der Waals surface area contributed by atoms with Crippen molar-refractivity contribution >= 4 is 11.6 Å². The highest BCUT2D eigenvalue weighted by Gasteiger charge is 2.07. The van der Waals surface area contributed by atoms with E-state index < -0.39 is 0 Å². The van der Waals surface area contributed by atoms with E-state index in [1.165, 1.54) is 0 Å². The molecule has 0 aliphatic rings. The monoisotopic (exact) mass is 225 g/mol. The van der Waals surface area contributed by atoms with Crippen molar-refractivity contribution in [1.82, 2.24) is 24.3 Å². The van der Waals surface area contributed by atoms with E-state index in [-0.39, 0.29) is 0 Å². The highest BCUT2D eigenvalue weighted by molar-refractivity contribution is 6.16. The van der Waals surface area contributed by atoms with Gasteiger partial charge in [0.05, 0.1) is 24.4 Å². The van der Waals surface area contributed by atoms with Crippen LogP contribution in [0.15, 0.2) is 12.5 Å². The first-order valence-corrected chi connectivity index (χ1v) is 5.15. The molecule has 15 heavy (non-hydrogen) atoms. The van der Waals surface area contributed by atoms with Crippen LogP contribution in [-0.2, 0) is 19.5 Å². The van der Waals surface area contributed by atoms with Gasteiger partial charge in [0.1, 0.15) is 5.82 Å². The summed E-state index contributed by atoms with van der Waals surface area (Å²) < 4.78 is 3.93. The first kappa shape index (κ1) is 10.2. The smallest absolute Gasteiger partial charge is 0.152 e. The van der Waals surface area contributed by atoms with Gasteiger partial charge in [-0.1, -0.05) is 0 Å². The Kier molecular flexibility index (Phi) is 2.73. The predicted octanol–water partition coefficient (Wildman–Crippen LogP) is 1.11. The van der Waals surface area contributed by atoms with Crippen molar-refractivity contribution in [3.05, 3.63) is 29.9 Å². The van der Waals surface area contributed by atoms with Crippen LogP contribution in [0.3, 0.4) is 0 Å². The summed E-state index contributed by atoms with van der Waals surface area (Å²) in [5, 5.41) is 8.09. The quantitative estimate of drug-likeness (QED) is 0.736. The second kappa shape index (κ2) is 4.02. The zero-order valence-electron chi connectivity index (χ0n) is 8.68. The molecule has 2 aromatic heterocycles. The number of hydrogen-bond donors (Lipinski definition) is 0. The molecule has 0 amide bonds. The number of imidazole rings is 1. The lowest BCUT2D eigenvalue weighted by atomic mass is 10.5. The fourth-order valence-corrected chi connectivity index (χ4v) is 1.57. The Bertz CT molecular complexity index is 459. The number of alkyl halides is 1. The minimum atomic E-state index is 0.455. The van der Waals surface area contributed by atoms with Crippen molar-refractivity contribution in [2.75, 3.05) is 0 Å². The van der Waals surface area contributed by atoms with Crippen LogP contribution in [0.1, 0.15) is 17.3 Å². The topological polar surface area (TPSA) is 48.5 Å². The number of hydrogen-bond acceptors (Lipinski definition) is 3. The van der Waals surface area contributed by atoms with Gasteiger partial charge in [-0.05, 0) is 6.92 Å². The van der Waals surface area contributed by atoms with Crippen molar-refractivity contribution in [3.63, 3.8) is 0 Å². The largest absolute Gasteiger partial charge is 0.326 e. The second-order valence-corrected chi connectivity index (χ2v) is 3.64. The number of aryl methyl sites for hydroxylation is 1. The summed E-state index contributed by atoms with van der Waals surface area (Å²) in [6.45, 7) is 2.58. The zero-order valence-corrected chi connectivity index (χ0v) is 9.44. The van der Waals surface area contributed by atoms with Crippen LogP contribution in [-0.4, -0.2) is 24.3 Å². The third kappa shape index (κ3) is 1.87. The average Bonchev–Trinajstić information content (AvgIpc) is 2.80. The Labute approximate surface area is 92.7 Å². The van der Waals surface area contributed by atoms with E-state index in [1.807, 2.05) is 23.1 Å². The van der Waals surface area contributed by atoms with E-state index in [9.17, 15) is 0 Å². The third-order valence-electron chi connectivity index (χ3n) is 2.43. The molecule has 0 N–H and O–H groups in total. The van der Waals surface area contributed by atoms with Gasteiger partial charge in [-0.15, -0.1) is 21.8 Å². The molecular formula is C9H12ClN5. The molecule has 6 heteroatoms. The van der Waals surface area contributed by atoms with Crippen molar-refractivity contribution in [2.24, 2.45) is 7.05 Å². The molecule has 2 heterocycles. The molecule has 2 rings (SSSR count). The number of nitrogens with zero attached hydrogens (tertiary/aromatic N) is 5. The average molecular weight is 226 g/mol. The van der Waals surface area contributed by atoms with Crippen LogP contribution in [0.25, 0.3) is 0 Å². The number of aromatic nitrogens is 5. The van der Waals surface area contributed by atoms with Gasteiger partial charge in [-0.3, -0.25) is 0 Å². The maximum atomic E-state index is 5.78. The molecule has 0 atom stereocenters. The summed E-state index contributed by atoms with van der Waals surface area (Å²) in [4.78, 5) is 4.05. The number of rotatable bonds is 3. The summed E-state index contributed by atoms with van der Waals surface area (Å²) in [5.74, 6) is 2.26. The van der Waals surface area contributed by atoms with Crippen LogP contribution < -0.4 is 0 Å². The van der Waals surface area contributed by atoms with Crippen LogP contribution in [0.2, 0.25) is 0 Å². The molecule has 0 bridgehead atoms. The summed E-state index contributed by atoms with van der Waals surface area (Å²) >= 11 is 5.78. The van der Waals surface area contributed by atoms with Gasteiger partial charge in [0, 0.05) is 13.2 Å². The Balaban J connectivity index is 2.25. The van der Waals surface area contributed by atoms with Crippen LogP contribution >= 0.6 is 11.6 Å². The summed E-state index contributed by atoms with van der Waals surface area (Å²) in [6, 6.07) is 0. The minimum absolute atomic E-state index is 0.455. The van der Waals surface area contributed by atoms with Gasteiger partial charge < -0.3 is 9.13 Å². The van der Waals surface area contributed by atoms with Crippen LogP contribution in [0, 0.1) is 6.92 Å². The van der Waals surface area contributed by atoms with Crippen molar-refractivity contribution in [1.29, 1.82) is 0 Å². The normalized spacial score (nSPS) is 10.9. The third-order valence-corrected chi connectivity index (χ3v) is 2.70.